The molecule has 702 valence electrons. The van der Waals surface area contributed by atoms with E-state index in [-0.39, 0.29) is 97.7 Å². The monoisotopic (exact) mass is 1870 g/mol. The molecule has 0 saturated carbocycles. The molecule has 13 N–H and O–H groups in total. The molecule has 0 bridgehead atoms. The molecule has 130 heavy (non-hydrogen) atoms. The number of nitro benzene ring substituents is 1. The van der Waals surface area contributed by atoms with Crippen LogP contribution < -0.4 is 71.9 Å². The Morgan fingerprint density at radius 3 is 1.15 bits per heavy atom. The lowest BCUT2D eigenvalue weighted by Crippen LogP contribution is -2.50. The van der Waals surface area contributed by atoms with Gasteiger partial charge in [0.05, 0.1) is 156 Å². The standard InChI is InChI=1S/C29H36F2N8O4.C26H32ClFN8O5.C26H34ClFN8O3.C3H3ClO.CH4O/c1-7-26(40)34-22-12-23(25(42-6)13-24(22)39-8-9-43-15-17(39)14-38(4)5)36-28-33-16-32-27(37-28)35-21-11-20(31)19(30)10-18(21)29(2,3)41;1-26(2,37)16-8-18(28)17(27)9-19(16)31-24-29-14-30-25(33-24)32-20-10-22(36(38)39)21(11-23(20)40-5)35-6-7-41-13-15(35)12-34(3)4;1-26(2,37)16-8-18(28)17(27)9-20(16)32-24-30-14-31-25(34-24)33-21-10-19(29)22(11-23(21)38-5)36-6-7-39-13-15(36)12-35(3)4;1-2-3(4)5;1-2/h7,10-13,16-17,41H,1,8-9,14-15H2,2-6H3,(H,34,40)(H2,32,33,35,36,37);8-11,14-15,37H,6-7,12-13H2,1-5H3,(H2,29,30,31,32,33);8-11,14-15,37H,6-7,12-13,29H2,1-5H3,(H2,30,31,32,33,34);2H,1H2;2H,1H3/t17-;2*15-;;/m000../s1. The van der Waals surface area contributed by atoms with Crippen molar-refractivity contribution < 1.29 is 80.9 Å². The van der Waals surface area contributed by atoms with E-state index in [9.17, 15) is 52.6 Å². The van der Waals surface area contributed by atoms with Crippen LogP contribution in [0.25, 0.3) is 0 Å². The van der Waals surface area contributed by atoms with Crippen LogP contribution in [0.1, 0.15) is 58.2 Å². The zero-order chi connectivity index (χ0) is 95.8. The van der Waals surface area contributed by atoms with Crippen molar-refractivity contribution in [3.05, 3.63) is 177 Å². The average molecular weight is 1870 g/mol. The second-order valence-electron chi connectivity index (χ2n) is 31.5. The maximum Gasteiger partial charge on any atom is 0.294 e. The van der Waals surface area contributed by atoms with Gasteiger partial charge in [-0.25, -0.2) is 47.5 Å². The van der Waals surface area contributed by atoms with Crippen LogP contribution in [0.4, 0.5) is 122 Å². The van der Waals surface area contributed by atoms with E-state index in [2.05, 4.69) is 115 Å². The van der Waals surface area contributed by atoms with Gasteiger partial charge in [0.1, 0.15) is 53.6 Å². The summed E-state index contributed by atoms with van der Waals surface area (Å²) in [6, 6.07) is 17.1. The predicted molar refractivity (Wildman–Crippen MR) is 494 cm³/mol. The van der Waals surface area contributed by atoms with Crippen molar-refractivity contribution in [2.75, 3.05) is 207 Å². The number of nitrogens with two attached hydrogens (primary N) is 1. The van der Waals surface area contributed by atoms with Gasteiger partial charge >= 0.3 is 0 Å². The SMILES string of the molecule is C=CC(=O)Cl.C=CC(=O)Nc1cc(Nc2ncnc(Nc3cc(F)c(F)cc3C(C)(C)O)n2)c(OC)cc1N1CCOC[C@@H]1CN(C)C.CO.COc1cc(N2CCOC[C@@H]2CN(C)C)c(N)cc1Nc1ncnc(Nc2cc(Cl)c(F)cc2C(C)(C)O)n1.COc1cc(N2CCOC[C@@H]2CN(C)C)c([N+](=O)[O-])cc1Nc1ncnc(Nc2cc(Cl)c(F)cc2C(C)(C)O)n1. The topological polar surface area (TPSA) is 459 Å². The van der Waals surface area contributed by atoms with Crippen molar-refractivity contribution in [2.45, 2.75) is 76.5 Å². The highest BCUT2D eigenvalue weighted by molar-refractivity contribution is 6.66. The van der Waals surface area contributed by atoms with Gasteiger partial charge in [-0.3, -0.25) is 19.7 Å². The molecule has 3 saturated heterocycles. The lowest BCUT2D eigenvalue weighted by atomic mass is 9.96. The van der Waals surface area contributed by atoms with Crippen LogP contribution >= 0.6 is 34.8 Å². The van der Waals surface area contributed by atoms with E-state index in [1.54, 1.807) is 39.2 Å². The number of methoxy groups -OCH3 is 3. The van der Waals surface area contributed by atoms with E-state index in [0.717, 1.165) is 55.8 Å². The third kappa shape index (κ3) is 28.7. The third-order valence-corrected chi connectivity index (χ3v) is 20.2. The van der Waals surface area contributed by atoms with Crippen LogP contribution in [-0.2, 0) is 40.6 Å². The maximum atomic E-state index is 14.1. The lowest BCUT2D eigenvalue weighted by Gasteiger charge is -2.39. The maximum absolute atomic E-state index is 14.1. The van der Waals surface area contributed by atoms with Crippen LogP contribution in [-0.4, -0.2) is 264 Å². The molecule has 0 aliphatic carbocycles. The van der Waals surface area contributed by atoms with Gasteiger partial charge in [0.15, 0.2) is 11.6 Å². The Labute approximate surface area is 764 Å². The number of likely N-dealkylation sites (N-methyl/N-ethyl adjacent to an activating group) is 3. The number of aliphatic hydroxyl groups is 4. The van der Waals surface area contributed by atoms with Crippen molar-refractivity contribution >= 4 is 150 Å². The van der Waals surface area contributed by atoms with Gasteiger partial charge in [-0.05, 0) is 150 Å². The van der Waals surface area contributed by atoms with Crippen LogP contribution in [0.3, 0.4) is 0 Å². The summed E-state index contributed by atoms with van der Waals surface area (Å²) in [5.74, 6) is -2.00. The van der Waals surface area contributed by atoms with Gasteiger partial charge in [-0.2, -0.15) is 15.0 Å². The summed E-state index contributed by atoms with van der Waals surface area (Å²) in [6.45, 7) is 22.8. The van der Waals surface area contributed by atoms with Crippen LogP contribution in [0.15, 0.2) is 117 Å². The number of allylic oxidation sites excluding steroid dienone is 1. The minimum Gasteiger partial charge on any atom is -0.494 e. The second kappa shape index (κ2) is 47.0. The number of aliphatic hydroxyl groups excluding tert-OH is 1. The highest BCUT2D eigenvalue weighted by Crippen LogP contribution is 2.45. The fraction of sp³-hybridized carbons (Fsp3) is 0.400. The zero-order valence-corrected chi connectivity index (χ0v) is 77.0. The number of hydrogen-bond donors (Lipinski definition) is 12. The highest BCUT2D eigenvalue weighted by atomic mass is 35.5. The van der Waals surface area contributed by atoms with Crippen molar-refractivity contribution in [2.24, 2.45) is 0 Å². The van der Waals surface area contributed by atoms with E-state index in [0.29, 0.717) is 123 Å². The molecule has 1 amide bonds. The fourth-order valence-electron chi connectivity index (χ4n) is 13.7. The smallest absolute Gasteiger partial charge is 0.294 e. The van der Waals surface area contributed by atoms with Gasteiger partial charge in [0.2, 0.25) is 46.8 Å². The first kappa shape index (κ1) is 103. The molecule has 3 aliphatic rings. The molecule has 45 heteroatoms. The van der Waals surface area contributed by atoms with Crippen LogP contribution in [0.5, 0.6) is 17.2 Å². The molecule has 6 aromatic carbocycles. The minimum absolute atomic E-state index is 0.00428. The molecule has 6 heterocycles. The van der Waals surface area contributed by atoms with E-state index in [1.807, 2.05) is 64.2 Å². The number of nitrogens with zero attached hydrogens (tertiary/aromatic N) is 16. The minimum atomic E-state index is -1.49. The molecule has 9 aromatic rings. The summed E-state index contributed by atoms with van der Waals surface area (Å²) in [5.41, 5.74) is 7.86. The number of nitrogens with one attached hydrogen (secondary N) is 7. The number of halogens is 7. The summed E-state index contributed by atoms with van der Waals surface area (Å²) in [6.07, 6.45) is 5.99. The Hall–Kier alpha value is -12.0. The number of ether oxygens (including phenoxy) is 6. The lowest BCUT2D eigenvalue weighted by molar-refractivity contribution is -0.384. The number of nitro groups is 1. The first-order valence-electron chi connectivity index (χ1n) is 40.1. The number of carbonyl (C=O) groups is 2. The van der Waals surface area contributed by atoms with E-state index >= 15 is 0 Å². The molecule has 12 rings (SSSR count). The summed E-state index contributed by atoms with van der Waals surface area (Å²) in [5, 5.41) is 70.8. The Kier molecular flexibility index (Phi) is 37.3. The summed E-state index contributed by atoms with van der Waals surface area (Å²) in [7, 11) is 17.4. The number of amides is 1. The third-order valence-electron chi connectivity index (χ3n) is 19.5. The van der Waals surface area contributed by atoms with E-state index < -0.39 is 56.1 Å². The van der Waals surface area contributed by atoms with Gasteiger partial charge in [-0.1, -0.05) is 36.4 Å². The first-order valence-corrected chi connectivity index (χ1v) is 41.2. The Morgan fingerprint density at radius 1 is 0.500 bits per heavy atom. The Balaban J connectivity index is 0.000000232. The number of hydrogen-bond acceptors (Lipinski definition) is 36. The molecule has 3 atom stereocenters. The molecule has 0 spiro atoms. The number of aromatic nitrogens is 9. The molecule has 0 radical (unpaired) electrons. The molecular formula is C85H109Cl3F4N24O14. The second-order valence-corrected chi connectivity index (χ2v) is 32.7. The average Bonchev–Trinajstić information content (AvgIpc) is 0.787. The van der Waals surface area contributed by atoms with Crippen molar-refractivity contribution in [3.63, 3.8) is 0 Å². The first-order chi connectivity index (χ1) is 61.5. The number of carbonyl (C=O) groups excluding carboxylic acids is 2. The normalized spacial score (nSPS) is 15.1. The molecule has 38 nitrogen and oxygen atoms in total. The number of nitrogen functional groups attached to an aromatic ring is 1. The molecular weight excluding hydrogens is 1760 g/mol. The number of anilines is 17. The van der Waals surface area contributed by atoms with Crippen LogP contribution in [0.2, 0.25) is 10.0 Å². The summed E-state index contributed by atoms with van der Waals surface area (Å²) >= 11 is 16.7. The number of rotatable bonds is 31. The Morgan fingerprint density at radius 2 is 0.808 bits per heavy atom. The highest BCUT2D eigenvalue weighted by Gasteiger charge is 2.35. The molecule has 3 aromatic heterocycles. The molecule has 3 fully saturated rings. The molecule has 0 unspecified atom stereocenters. The number of morpholine rings is 3. The fourth-order valence-corrected chi connectivity index (χ4v) is 14.1. The Bertz CT molecular complexity index is 5410. The van der Waals surface area contributed by atoms with E-state index in [1.165, 1.54) is 91.2 Å². The summed E-state index contributed by atoms with van der Waals surface area (Å²) in [4.78, 5) is 84.1. The van der Waals surface area contributed by atoms with E-state index in [4.69, 9.17) is 74.1 Å². The van der Waals surface area contributed by atoms with Crippen molar-refractivity contribution in [1.82, 2.24) is 59.6 Å². The van der Waals surface area contributed by atoms with Crippen molar-refractivity contribution in [3.8, 4) is 17.2 Å². The zero-order valence-electron chi connectivity index (χ0n) is 74.7. The largest absolute Gasteiger partial charge is 0.494 e. The van der Waals surface area contributed by atoms with Gasteiger partial charge in [0, 0.05) is 105 Å². The van der Waals surface area contributed by atoms with Gasteiger partial charge in [0.25, 0.3) is 5.69 Å². The number of benzene rings is 6. The quantitative estimate of drug-likeness (QED) is 0.00479. The van der Waals surface area contributed by atoms with Gasteiger partial charge < -0.3 is 121 Å². The predicted octanol–water partition coefficient (Wildman–Crippen LogP) is 12.1. The molecule has 3 aliphatic heterocycles. The van der Waals surface area contributed by atoms with Gasteiger partial charge in [-0.15, -0.1) is 0 Å². The summed E-state index contributed by atoms with van der Waals surface area (Å²) < 4.78 is 90.3. The van der Waals surface area contributed by atoms with Crippen LogP contribution in [0, 0.1) is 33.4 Å². The van der Waals surface area contributed by atoms with Crippen molar-refractivity contribution in [1.29, 1.82) is 0 Å².